The maximum Gasteiger partial charge on any atom is 0.190 e. The molecule has 0 aromatic carbocycles. The number of allylic oxidation sites excluding steroid dienone is 4. The third-order valence-corrected chi connectivity index (χ3v) is 8.25. The minimum atomic E-state index is -1.56. The molecule has 162 valence electrons. The molecule has 0 bridgehead atoms. The maximum absolute atomic E-state index is 12.4. The first-order valence-corrected chi connectivity index (χ1v) is 10.7. The highest BCUT2D eigenvalue weighted by Gasteiger charge is 2.67. The summed E-state index contributed by atoms with van der Waals surface area (Å²) in [6.45, 7) is 5.27. The molecular weight excluding hydrogens is 372 g/mol. The van der Waals surface area contributed by atoms with Crippen molar-refractivity contribution in [3.63, 3.8) is 0 Å². The molecule has 0 spiro atoms. The number of aliphatic hydroxyl groups excluding tert-OH is 3. The van der Waals surface area contributed by atoms with Gasteiger partial charge in [0.1, 0.15) is 12.2 Å². The van der Waals surface area contributed by atoms with E-state index in [0.29, 0.717) is 12.8 Å². The zero-order valence-corrected chi connectivity index (χ0v) is 17.6. The molecular formula is C23H34O6. The fraction of sp³-hybridized carbons (Fsp3) is 0.739. The van der Waals surface area contributed by atoms with Crippen LogP contribution in [0.3, 0.4) is 0 Å². The van der Waals surface area contributed by atoms with Gasteiger partial charge in [0.15, 0.2) is 11.6 Å². The fourth-order valence-electron chi connectivity index (χ4n) is 6.92. The normalized spacial score (nSPS) is 45.3. The van der Waals surface area contributed by atoms with E-state index in [1.807, 2.05) is 13.0 Å². The van der Waals surface area contributed by atoms with E-state index < -0.39 is 29.5 Å². The zero-order chi connectivity index (χ0) is 21.6. The lowest BCUT2D eigenvalue weighted by Gasteiger charge is -2.59. The lowest BCUT2D eigenvalue weighted by atomic mass is 9.46. The average molecular weight is 407 g/mol. The van der Waals surface area contributed by atoms with Gasteiger partial charge < -0.3 is 20.4 Å². The number of hydrogen-bond donors (Lipinski definition) is 4. The highest BCUT2D eigenvalue weighted by Crippen LogP contribution is 2.67. The Labute approximate surface area is 172 Å². The van der Waals surface area contributed by atoms with Gasteiger partial charge in [-0.3, -0.25) is 9.59 Å². The van der Waals surface area contributed by atoms with Crippen molar-refractivity contribution in [2.24, 2.45) is 28.6 Å². The first-order valence-electron chi connectivity index (χ1n) is 10.7. The summed E-state index contributed by atoms with van der Waals surface area (Å²) in [4.78, 5) is 24.2. The Balaban J connectivity index is 0.000000755. The summed E-state index contributed by atoms with van der Waals surface area (Å²) in [5.74, 6) is -0.227. The van der Waals surface area contributed by atoms with Crippen LogP contribution in [0.2, 0.25) is 0 Å². The van der Waals surface area contributed by atoms with Crippen LogP contribution in [0, 0.1) is 28.6 Å². The summed E-state index contributed by atoms with van der Waals surface area (Å²) in [6, 6.07) is 0. The van der Waals surface area contributed by atoms with Crippen molar-refractivity contribution in [1.29, 1.82) is 0 Å². The van der Waals surface area contributed by atoms with E-state index in [-0.39, 0.29) is 35.6 Å². The third-order valence-electron chi connectivity index (χ3n) is 8.25. The molecule has 0 aliphatic heterocycles. The molecule has 4 aliphatic carbocycles. The van der Waals surface area contributed by atoms with Crippen LogP contribution < -0.4 is 0 Å². The quantitative estimate of drug-likeness (QED) is 0.553. The second kappa shape index (κ2) is 7.73. The zero-order valence-electron chi connectivity index (χ0n) is 17.6. The first kappa shape index (κ1) is 22.3. The van der Waals surface area contributed by atoms with Crippen molar-refractivity contribution in [3.8, 4) is 0 Å². The number of fused-ring (bicyclic) bond motifs is 5. The van der Waals surface area contributed by atoms with Crippen LogP contribution in [0.4, 0.5) is 0 Å². The fourth-order valence-corrected chi connectivity index (χ4v) is 6.92. The molecule has 0 aromatic rings. The summed E-state index contributed by atoms with van der Waals surface area (Å²) in [6.07, 6.45) is 7.68. The van der Waals surface area contributed by atoms with Crippen LogP contribution in [-0.4, -0.2) is 56.9 Å². The van der Waals surface area contributed by atoms with Crippen molar-refractivity contribution in [1.82, 2.24) is 0 Å². The Morgan fingerprint density at radius 2 is 1.90 bits per heavy atom. The van der Waals surface area contributed by atoms with Gasteiger partial charge in [0.2, 0.25) is 0 Å². The van der Waals surface area contributed by atoms with Crippen LogP contribution in [0.25, 0.3) is 0 Å². The molecule has 4 rings (SSSR count). The second-order valence-corrected chi connectivity index (χ2v) is 9.51. The van der Waals surface area contributed by atoms with Crippen LogP contribution in [0.1, 0.15) is 52.9 Å². The van der Waals surface area contributed by atoms with Gasteiger partial charge in [-0.05, 0) is 63.0 Å². The molecule has 1 unspecified atom stereocenters. The van der Waals surface area contributed by atoms with Crippen LogP contribution in [0.5, 0.6) is 0 Å². The largest absolute Gasteiger partial charge is 0.397 e. The molecule has 3 saturated carbocycles. The molecule has 6 heteroatoms. The van der Waals surface area contributed by atoms with Gasteiger partial charge in [-0.1, -0.05) is 25.5 Å². The predicted octanol–water partition coefficient (Wildman–Crippen LogP) is 1.56. The Morgan fingerprint density at radius 1 is 1.24 bits per heavy atom. The van der Waals surface area contributed by atoms with Gasteiger partial charge in [0.05, 0.1) is 6.10 Å². The molecule has 6 nitrogen and oxygen atoms in total. The van der Waals surface area contributed by atoms with E-state index in [1.54, 1.807) is 19.1 Å². The molecule has 0 saturated heterocycles. The minimum Gasteiger partial charge on any atom is -0.397 e. The Kier molecular flexibility index (Phi) is 5.96. The highest BCUT2D eigenvalue weighted by molar-refractivity contribution is 6.01. The lowest BCUT2D eigenvalue weighted by Crippen LogP contribution is -2.61. The van der Waals surface area contributed by atoms with Gasteiger partial charge in [-0.25, -0.2) is 0 Å². The maximum atomic E-state index is 12.4. The topological polar surface area (TPSA) is 115 Å². The summed E-state index contributed by atoms with van der Waals surface area (Å²) in [5.41, 5.74) is -1.54. The lowest BCUT2D eigenvalue weighted by molar-refractivity contribution is -0.178. The van der Waals surface area contributed by atoms with E-state index >= 15 is 0 Å². The molecule has 0 aromatic heterocycles. The molecule has 0 radical (unpaired) electrons. The van der Waals surface area contributed by atoms with E-state index in [9.17, 15) is 24.9 Å². The van der Waals surface area contributed by atoms with Crippen LogP contribution in [-0.2, 0) is 9.59 Å². The van der Waals surface area contributed by atoms with Crippen molar-refractivity contribution >= 4 is 11.6 Å². The standard InChI is InChI=1S/C21H28O5.C2H6O/c1-19-7-5-13(23)9-12(19)3-4-14-15-6-8-21(26,17(25)11-22)20(15,2)10-16(24)18(14)19;1-2-3/h5,7,9,14-16,18,22,24,26H,3-4,6,8,10-11H2,1-2H3;3H,2H2,1H3/t14-,15-,16?,18+,19-,20-,21-;/m0./s1. The molecule has 0 heterocycles. The summed E-state index contributed by atoms with van der Waals surface area (Å²) < 4.78 is 0. The second-order valence-electron chi connectivity index (χ2n) is 9.51. The van der Waals surface area contributed by atoms with Gasteiger partial charge >= 0.3 is 0 Å². The van der Waals surface area contributed by atoms with Gasteiger partial charge in [0, 0.05) is 23.4 Å². The molecule has 0 amide bonds. The summed E-state index contributed by atoms with van der Waals surface area (Å²) >= 11 is 0. The third kappa shape index (κ3) is 3.16. The van der Waals surface area contributed by atoms with Crippen molar-refractivity contribution < 1.29 is 30.0 Å². The molecule has 4 aliphatic rings. The summed E-state index contributed by atoms with van der Waals surface area (Å²) in [7, 11) is 0. The van der Waals surface area contributed by atoms with E-state index in [1.165, 1.54) is 0 Å². The Morgan fingerprint density at radius 3 is 2.52 bits per heavy atom. The van der Waals surface area contributed by atoms with E-state index in [2.05, 4.69) is 6.92 Å². The number of carbonyl (C=O) groups is 2. The number of Topliss-reactive ketones (excluding diaryl/α,β-unsaturated/α-hetero) is 1. The Bertz CT molecular complexity index is 742. The van der Waals surface area contributed by atoms with Crippen molar-refractivity contribution in [3.05, 3.63) is 23.8 Å². The molecule has 3 fully saturated rings. The average Bonchev–Trinajstić information content (AvgIpc) is 2.93. The van der Waals surface area contributed by atoms with E-state index in [0.717, 1.165) is 24.8 Å². The van der Waals surface area contributed by atoms with E-state index in [4.69, 9.17) is 5.11 Å². The first-order chi connectivity index (χ1) is 13.6. The number of hydrogen-bond acceptors (Lipinski definition) is 6. The van der Waals surface area contributed by atoms with Crippen LogP contribution in [0.15, 0.2) is 23.8 Å². The van der Waals surface area contributed by atoms with Crippen LogP contribution >= 0.6 is 0 Å². The number of aliphatic hydroxyl groups is 4. The minimum absolute atomic E-state index is 0.00912. The predicted molar refractivity (Wildman–Crippen MR) is 108 cm³/mol. The number of ketones is 2. The SMILES string of the molecule is CCO.C[C@]12C=CC(=O)C=C1CC[C@@H]1[C@@H]2C(O)C[C@@]2(C)[C@H]1CC[C@]2(O)C(=O)CO. The number of carbonyl (C=O) groups excluding carboxylic acids is 2. The van der Waals surface area contributed by atoms with Gasteiger partial charge in [-0.2, -0.15) is 0 Å². The molecule has 29 heavy (non-hydrogen) atoms. The molecule has 7 atom stereocenters. The Hall–Kier alpha value is -1.34. The summed E-state index contributed by atoms with van der Waals surface area (Å²) in [5, 5.41) is 39.2. The highest BCUT2D eigenvalue weighted by atomic mass is 16.3. The van der Waals surface area contributed by atoms with Crippen molar-refractivity contribution in [2.75, 3.05) is 13.2 Å². The number of rotatable bonds is 2. The van der Waals surface area contributed by atoms with Gasteiger partial charge in [0.25, 0.3) is 0 Å². The van der Waals surface area contributed by atoms with Crippen molar-refractivity contribution in [2.45, 2.75) is 64.6 Å². The smallest absolute Gasteiger partial charge is 0.190 e. The van der Waals surface area contributed by atoms with Gasteiger partial charge in [-0.15, -0.1) is 0 Å². The molecule has 4 N–H and O–H groups in total. The monoisotopic (exact) mass is 406 g/mol.